The monoisotopic (exact) mass is 581 g/mol. The van der Waals surface area contributed by atoms with Crippen molar-refractivity contribution >= 4 is 11.8 Å². The van der Waals surface area contributed by atoms with Gasteiger partial charge in [-0.3, -0.25) is 19.3 Å². The van der Waals surface area contributed by atoms with Gasteiger partial charge in [0.2, 0.25) is 5.91 Å². The van der Waals surface area contributed by atoms with Crippen molar-refractivity contribution in [2.45, 2.75) is 44.2 Å². The number of alkyl halides is 2. The standard InChI is InChI=1S/C30H24F5N5O2/c31-17-6-14(7-18(32)12-17)8-24(26-19(2-1-5-37-26)15-3-4-23(33)21(9-15)30(36)42)38-25(41)13-40-28-20-10-16(20)11-22(28)27(39-40)29(34)35/h1-7,9,12,16,20,24,29H,8,10-11,13H2,(H2,36,42)(H,38,41). The SMILES string of the molecule is NC(=O)c1cc(-c2cccnc2C(Cc2cc(F)cc(F)c2)NC(=O)Cn2nc(C(F)F)c3c2C2CC2C3)ccc1F. The first kappa shape index (κ1) is 27.6. The summed E-state index contributed by atoms with van der Waals surface area (Å²) in [6.45, 7) is -0.350. The first-order chi connectivity index (χ1) is 20.1. The van der Waals surface area contributed by atoms with Crippen LogP contribution in [0.15, 0.2) is 54.7 Å². The number of benzene rings is 2. The van der Waals surface area contributed by atoms with Crippen LogP contribution in [0, 0.1) is 23.4 Å². The largest absolute Gasteiger partial charge is 0.366 e. The number of nitrogens with zero attached hydrogens (tertiary/aromatic N) is 3. The third-order valence-electron chi connectivity index (χ3n) is 7.77. The van der Waals surface area contributed by atoms with Crippen molar-refractivity contribution in [1.82, 2.24) is 20.1 Å². The number of nitrogens with one attached hydrogen (secondary N) is 1. The lowest BCUT2D eigenvalue weighted by molar-refractivity contribution is -0.122. The van der Waals surface area contributed by atoms with Gasteiger partial charge in [-0.15, -0.1) is 0 Å². The molecule has 1 fully saturated rings. The number of halogens is 5. The predicted octanol–water partition coefficient (Wildman–Crippen LogP) is 5.16. The van der Waals surface area contributed by atoms with E-state index in [1.54, 1.807) is 12.1 Å². The molecule has 4 aromatic rings. The van der Waals surface area contributed by atoms with Crippen molar-refractivity contribution in [2.24, 2.45) is 11.7 Å². The van der Waals surface area contributed by atoms with Crippen molar-refractivity contribution in [3.05, 3.63) is 106 Å². The van der Waals surface area contributed by atoms with Crippen LogP contribution >= 0.6 is 0 Å². The minimum atomic E-state index is -2.77. The quantitative estimate of drug-likeness (QED) is 0.267. The molecule has 3 N–H and O–H groups in total. The van der Waals surface area contributed by atoms with E-state index in [2.05, 4.69) is 15.4 Å². The fourth-order valence-electron chi connectivity index (χ4n) is 5.90. The highest BCUT2D eigenvalue weighted by molar-refractivity contribution is 5.94. The van der Waals surface area contributed by atoms with Crippen molar-refractivity contribution in [2.75, 3.05) is 0 Å². The van der Waals surface area contributed by atoms with E-state index in [1.165, 1.54) is 23.0 Å². The molecule has 2 aromatic heterocycles. The molecule has 2 aliphatic rings. The summed E-state index contributed by atoms with van der Waals surface area (Å²) >= 11 is 0. The zero-order chi connectivity index (χ0) is 29.7. The normalized spacial score (nSPS) is 17.6. The van der Waals surface area contributed by atoms with Gasteiger partial charge in [-0.05, 0) is 66.6 Å². The highest BCUT2D eigenvalue weighted by Gasteiger charge is 2.50. The minimum Gasteiger partial charge on any atom is -0.366 e. The van der Waals surface area contributed by atoms with Gasteiger partial charge in [-0.25, -0.2) is 22.0 Å². The van der Waals surface area contributed by atoms with E-state index in [-0.39, 0.29) is 47.3 Å². The maximum atomic E-state index is 14.2. The number of rotatable bonds is 9. The third kappa shape index (κ3) is 5.24. The van der Waals surface area contributed by atoms with Gasteiger partial charge in [-0.2, -0.15) is 5.10 Å². The summed E-state index contributed by atoms with van der Waals surface area (Å²) in [5.41, 5.74) is 7.06. The van der Waals surface area contributed by atoms with Crippen LogP contribution in [-0.4, -0.2) is 26.6 Å². The number of carbonyl (C=O) groups excluding carboxylic acids is 2. The fraction of sp³-hybridized carbons (Fsp3) is 0.267. The molecular weight excluding hydrogens is 557 g/mol. The maximum Gasteiger partial charge on any atom is 0.282 e. The van der Waals surface area contributed by atoms with E-state index in [1.807, 2.05) is 0 Å². The molecule has 0 spiro atoms. The Balaban J connectivity index is 1.36. The summed E-state index contributed by atoms with van der Waals surface area (Å²) in [5.74, 6) is -3.62. The van der Waals surface area contributed by atoms with Gasteiger partial charge in [0.05, 0.1) is 17.3 Å². The maximum absolute atomic E-state index is 14.2. The molecule has 3 unspecified atom stereocenters. The third-order valence-corrected chi connectivity index (χ3v) is 7.77. The molecule has 0 aliphatic heterocycles. The molecule has 3 atom stereocenters. The highest BCUT2D eigenvalue weighted by atomic mass is 19.3. The molecule has 12 heteroatoms. The van der Waals surface area contributed by atoms with Crippen LogP contribution in [0.3, 0.4) is 0 Å². The van der Waals surface area contributed by atoms with Crippen LogP contribution < -0.4 is 11.1 Å². The number of primary amides is 1. The second kappa shape index (κ2) is 10.7. The number of carbonyl (C=O) groups is 2. The van der Waals surface area contributed by atoms with E-state index in [9.17, 15) is 31.5 Å². The van der Waals surface area contributed by atoms with Gasteiger partial charge in [-0.1, -0.05) is 12.1 Å². The average molecular weight is 582 g/mol. The van der Waals surface area contributed by atoms with E-state index in [0.29, 0.717) is 28.8 Å². The molecule has 2 aromatic carbocycles. The Kier molecular flexibility index (Phi) is 6.99. The topological polar surface area (TPSA) is 103 Å². The molecule has 6 rings (SSSR count). The van der Waals surface area contributed by atoms with Crippen LogP contribution in [0.5, 0.6) is 0 Å². The first-order valence-corrected chi connectivity index (χ1v) is 13.3. The highest BCUT2D eigenvalue weighted by Crippen LogP contribution is 2.57. The van der Waals surface area contributed by atoms with Crippen molar-refractivity contribution in [3.63, 3.8) is 0 Å². The molecule has 0 saturated heterocycles. The molecule has 7 nitrogen and oxygen atoms in total. The molecule has 216 valence electrons. The number of hydrogen-bond acceptors (Lipinski definition) is 4. The van der Waals surface area contributed by atoms with Gasteiger partial charge in [0.15, 0.2) is 0 Å². The van der Waals surface area contributed by atoms with Gasteiger partial charge in [0.1, 0.15) is 29.7 Å². The summed E-state index contributed by atoms with van der Waals surface area (Å²) in [5, 5.41) is 6.87. The number of aromatic nitrogens is 3. The molecule has 1 saturated carbocycles. The lowest BCUT2D eigenvalue weighted by atomic mass is 9.94. The zero-order valence-electron chi connectivity index (χ0n) is 22.0. The Morgan fingerprint density at radius 3 is 2.52 bits per heavy atom. The van der Waals surface area contributed by atoms with Crippen LogP contribution in [-0.2, 0) is 24.2 Å². The summed E-state index contributed by atoms with van der Waals surface area (Å²) in [7, 11) is 0. The number of pyridine rings is 1. The van der Waals surface area contributed by atoms with Crippen molar-refractivity contribution < 1.29 is 31.5 Å². The van der Waals surface area contributed by atoms with E-state index < -0.39 is 41.7 Å². The average Bonchev–Trinajstić information content (AvgIpc) is 3.44. The minimum absolute atomic E-state index is 0.0965. The van der Waals surface area contributed by atoms with Gasteiger partial charge in [0.25, 0.3) is 12.3 Å². The van der Waals surface area contributed by atoms with E-state index in [0.717, 1.165) is 30.7 Å². The second-order valence-corrected chi connectivity index (χ2v) is 10.6. The van der Waals surface area contributed by atoms with Gasteiger partial charge < -0.3 is 11.1 Å². The predicted molar refractivity (Wildman–Crippen MR) is 141 cm³/mol. The van der Waals surface area contributed by atoms with Crippen LogP contribution in [0.25, 0.3) is 11.1 Å². The van der Waals surface area contributed by atoms with Gasteiger partial charge >= 0.3 is 0 Å². The van der Waals surface area contributed by atoms with Crippen molar-refractivity contribution in [1.29, 1.82) is 0 Å². The summed E-state index contributed by atoms with van der Waals surface area (Å²) in [6, 6.07) is 8.96. The molecular formula is C30H24F5N5O2. The van der Waals surface area contributed by atoms with Crippen LogP contribution in [0.2, 0.25) is 0 Å². The number of hydrogen-bond donors (Lipinski definition) is 2. The van der Waals surface area contributed by atoms with Gasteiger partial charge in [0, 0.05) is 35.0 Å². The molecule has 0 bridgehead atoms. The van der Waals surface area contributed by atoms with Crippen LogP contribution in [0.4, 0.5) is 22.0 Å². The number of fused-ring (bicyclic) bond motifs is 3. The fourth-order valence-corrected chi connectivity index (χ4v) is 5.90. The summed E-state index contributed by atoms with van der Waals surface area (Å²) in [4.78, 5) is 29.6. The smallest absolute Gasteiger partial charge is 0.282 e. The summed E-state index contributed by atoms with van der Waals surface area (Å²) in [6.07, 6.45) is -0.0479. The molecule has 2 aliphatic carbocycles. The summed E-state index contributed by atoms with van der Waals surface area (Å²) < 4.78 is 71.0. The number of nitrogens with two attached hydrogens (primary N) is 1. The Morgan fingerprint density at radius 1 is 1.05 bits per heavy atom. The van der Waals surface area contributed by atoms with E-state index in [4.69, 9.17) is 5.73 Å². The Labute approximate surface area is 236 Å². The Bertz CT molecular complexity index is 1700. The van der Waals surface area contributed by atoms with E-state index >= 15 is 0 Å². The zero-order valence-corrected chi connectivity index (χ0v) is 22.0. The molecule has 0 radical (unpaired) electrons. The molecule has 42 heavy (non-hydrogen) atoms. The second-order valence-electron chi connectivity index (χ2n) is 10.6. The lowest BCUT2D eigenvalue weighted by Crippen LogP contribution is -2.34. The molecule has 2 amide bonds. The van der Waals surface area contributed by atoms with Crippen LogP contribution in [0.1, 0.15) is 63.4 Å². The Morgan fingerprint density at radius 2 is 1.81 bits per heavy atom. The Hall–Kier alpha value is -4.61. The number of amides is 2. The molecule has 2 heterocycles. The van der Waals surface area contributed by atoms with Crippen molar-refractivity contribution in [3.8, 4) is 11.1 Å². The first-order valence-electron chi connectivity index (χ1n) is 13.3. The lowest BCUT2D eigenvalue weighted by Gasteiger charge is -2.22.